The Balaban J connectivity index is 3.50. The van der Waals surface area contributed by atoms with Gasteiger partial charge in [0.2, 0.25) is 0 Å². The van der Waals surface area contributed by atoms with Crippen LogP contribution in [0.25, 0.3) is 0 Å². The molecule has 0 aliphatic rings. The topological polar surface area (TPSA) is 62.8 Å². The number of nitrogens with zero attached hydrogens (tertiary/aromatic N) is 1. The van der Waals surface area contributed by atoms with E-state index >= 15 is 0 Å². The summed E-state index contributed by atoms with van der Waals surface area (Å²) in [6.07, 6.45) is 0. The number of nitrogens with one attached hydrogen (secondary N) is 1. The van der Waals surface area contributed by atoms with Crippen LogP contribution in [-0.4, -0.2) is 35.0 Å². The number of hydrogen-bond acceptors (Lipinski definition) is 3. The monoisotopic (exact) mass is 312 g/mol. The molecule has 0 aliphatic carbocycles. The van der Waals surface area contributed by atoms with Crippen LogP contribution >= 0.6 is 0 Å². The molecule has 4 nitrogen and oxygen atoms in total. The normalized spacial score (nSPS) is 11.6. The molecule has 1 N–H and O–H groups in total. The van der Waals surface area contributed by atoms with Crippen molar-refractivity contribution in [2.24, 2.45) is 0 Å². The zero-order valence-corrected chi connectivity index (χ0v) is 14.0. The molecule has 0 saturated heterocycles. The molecule has 0 fully saturated rings. The first-order chi connectivity index (χ1) is 8.43. The van der Waals surface area contributed by atoms with E-state index in [0.29, 0.717) is 11.3 Å². The molecule has 0 aromatic carbocycles. The number of Topliss-reactive ketones (excluding diaryl/α,β-unsaturated/α-hetero) is 2. The zero-order chi connectivity index (χ0) is 13.9. The maximum absolute atomic E-state index is 11.9. The predicted molar refractivity (Wildman–Crippen MR) is 75.4 cm³/mol. The number of aromatic nitrogens is 2. The Hall–Kier alpha value is -0.907. The van der Waals surface area contributed by atoms with E-state index in [9.17, 15) is 9.59 Å². The third-order valence-corrected chi connectivity index (χ3v) is 15.5. The van der Waals surface area contributed by atoms with Gasteiger partial charge in [0.15, 0.2) is 0 Å². The molecular formula is C13H22GeN2O2. The summed E-state index contributed by atoms with van der Waals surface area (Å²) in [6.45, 7) is 9.54. The zero-order valence-electron chi connectivity index (χ0n) is 11.9. The van der Waals surface area contributed by atoms with E-state index in [1.165, 1.54) is 13.8 Å². The summed E-state index contributed by atoms with van der Waals surface area (Å²) in [6, 6.07) is 0. The second-order valence-corrected chi connectivity index (χ2v) is 15.6. The van der Waals surface area contributed by atoms with Gasteiger partial charge >= 0.3 is 111 Å². The Morgan fingerprint density at radius 2 is 1.56 bits per heavy atom. The number of rotatable bonds is 6. The molecule has 0 atom stereocenters. The molecule has 0 radical (unpaired) electrons. The Morgan fingerprint density at radius 3 is 1.89 bits per heavy atom. The van der Waals surface area contributed by atoms with Crippen molar-refractivity contribution < 1.29 is 9.59 Å². The summed E-state index contributed by atoms with van der Waals surface area (Å²) < 4.78 is 1.01. The molecule has 1 aromatic heterocycles. The van der Waals surface area contributed by atoms with Crippen LogP contribution in [0.5, 0.6) is 0 Å². The fraction of sp³-hybridized carbons (Fsp3) is 0.615. The van der Waals surface area contributed by atoms with Gasteiger partial charge in [-0.05, 0) is 0 Å². The van der Waals surface area contributed by atoms with Crippen molar-refractivity contribution in [3.63, 3.8) is 0 Å². The summed E-state index contributed by atoms with van der Waals surface area (Å²) in [5.74, 6) is -0.184. The van der Waals surface area contributed by atoms with E-state index in [4.69, 9.17) is 0 Å². The number of carbonyl (C=O) groups is 2. The Bertz CT molecular complexity index is 453. The van der Waals surface area contributed by atoms with Crippen molar-refractivity contribution in [3.8, 4) is 0 Å². The molecule has 18 heavy (non-hydrogen) atoms. The van der Waals surface area contributed by atoms with Crippen LogP contribution < -0.4 is 4.53 Å². The van der Waals surface area contributed by atoms with E-state index in [-0.39, 0.29) is 11.6 Å². The van der Waals surface area contributed by atoms with Crippen LogP contribution in [0, 0.1) is 0 Å². The maximum atomic E-state index is 11.9. The van der Waals surface area contributed by atoms with E-state index in [0.717, 1.165) is 20.3 Å². The first kappa shape index (κ1) is 15.2. The predicted octanol–water partition coefficient (Wildman–Crippen LogP) is 2.53. The van der Waals surface area contributed by atoms with Gasteiger partial charge in [-0.25, -0.2) is 0 Å². The Labute approximate surface area is 111 Å². The average Bonchev–Trinajstić information content (AvgIpc) is 2.77. The van der Waals surface area contributed by atoms with Crippen molar-refractivity contribution in [2.75, 3.05) is 0 Å². The average molecular weight is 311 g/mol. The third kappa shape index (κ3) is 2.43. The summed E-state index contributed by atoms with van der Waals surface area (Å²) in [5.41, 5.74) is 0.885. The quantitative estimate of drug-likeness (QED) is 0.648. The summed E-state index contributed by atoms with van der Waals surface area (Å²) in [4.78, 5) is 23.4. The summed E-state index contributed by atoms with van der Waals surface area (Å²) in [5, 5.41) is 10.4. The van der Waals surface area contributed by atoms with Gasteiger partial charge in [-0.1, -0.05) is 0 Å². The van der Waals surface area contributed by atoms with Gasteiger partial charge in [0, 0.05) is 0 Å². The first-order valence-corrected chi connectivity index (χ1v) is 12.0. The van der Waals surface area contributed by atoms with Gasteiger partial charge in [0.1, 0.15) is 0 Å². The molecule has 100 valence electrons. The van der Waals surface area contributed by atoms with Gasteiger partial charge in [-0.2, -0.15) is 0 Å². The van der Waals surface area contributed by atoms with Crippen LogP contribution in [-0.2, 0) is 0 Å². The molecule has 0 amide bonds. The second-order valence-electron chi connectivity index (χ2n) is 4.78. The fourth-order valence-electron chi connectivity index (χ4n) is 2.60. The molecular weight excluding hydrogens is 289 g/mol. The van der Waals surface area contributed by atoms with Gasteiger partial charge in [-0.15, -0.1) is 0 Å². The first-order valence-electron chi connectivity index (χ1n) is 6.54. The molecule has 1 heterocycles. The number of carbonyl (C=O) groups excluding carboxylic acids is 2. The second kappa shape index (κ2) is 5.82. The van der Waals surface area contributed by atoms with E-state index in [2.05, 4.69) is 31.0 Å². The molecule has 5 heteroatoms. The van der Waals surface area contributed by atoms with Crippen molar-refractivity contribution in [1.82, 2.24) is 10.2 Å². The molecule has 1 aromatic rings. The minimum absolute atomic E-state index is 0.0469. The Kier molecular flexibility index (Phi) is 4.90. The number of H-pyrrole nitrogens is 1. The van der Waals surface area contributed by atoms with Crippen LogP contribution in [0.1, 0.15) is 55.5 Å². The molecule has 0 unspecified atom stereocenters. The number of hydrogen-bond donors (Lipinski definition) is 1. The summed E-state index contributed by atoms with van der Waals surface area (Å²) >= 11 is -2.28. The summed E-state index contributed by atoms with van der Waals surface area (Å²) in [7, 11) is 0. The number of aromatic amines is 1. The third-order valence-electron chi connectivity index (χ3n) is 4.01. The van der Waals surface area contributed by atoms with E-state index < -0.39 is 13.3 Å². The van der Waals surface area contributed by atoms with Gasteiger partial charge in [-0.3, -0.25) is 0 Å². The van der Waals surface area contributed by atoms with Crippen LogP contribution in [0.15, 0.2) is 0 Å². The number of ketones is 2. The minimum atomic E-state index is -2.28. The van der Waals surface area contributed by atoms with Crippen molar-refractivity contribution in [2.45, 2.75) is 50.4 Å². The van der Waals surface area contributed by atoms with Crippen molar-refractivity contribution >= 4 is 29.4 Å². The van der Waals surface area contributed by atoms with Crippen LogP contribution in [0.4, 0.5) is 0 Å². The van der Waals surface area contributed by atoms with Gasteiger partial charge in [0.05, 0.1) is 0 Å². The van der Waals surface area contributed by atoms with Crippen molar-refractivity contribution in [1.29, 1.82) is 0 Å². The molecule has 1 rings (SSSR count). The van der Waals surface area contributed by atoms with Crippen molar-refractivity contribution in [3.05, 3.63) is 11.3 Å². The van der Waals surface area contributed by atoms with Gasteiger partial charge < -0.3 is 0 Å². The van der Waals surface area contributed by atoms with E-state index in [1.807, 2.05) is 0 Å². The molecule has 0 bridgehead atoms. The Morgan fingerprint density at radius 1 is 1.06 bits per heavy atom. The fourth-order valence-corrected chi connectivity index (χ4v) is 10.3. The van der Waals surface area contributed by atoms with Crippen LogP contribution in [0.3, 0.4) is 0 Å². The molecule has 0 spiro atoms. The van der Waals surface area contributed by atoms with Crippen LogP contribution in [0.2, 0.25) is 15.8 Å². The SMILES string of the molecule is C[CH2][Ge]([CH2]C)([CH2]C)[c]1[nH]nc(C(C)=O)c1C(C)=O. The molecule has 0 saturated carbocycles. The molecule has 0 aliphatic heterocycles. The van der Waals surface area contributed by atoms with E-state index in [1.54, 1.807) is 0 Å². The van der Waals surface area contributed by atoms with Gasteiger partial charge in [0.25, 0.3) is 0 Å². The standard InChI is InChI=1S/C13H22GeN2O2/c1-6-14(7-2,8-3)13-11(9(4)17)12(10(5)18)15-16-13/h6-8H2,1-5H3,(H,15,16).